The zero-order valence-corrected chi connectivity index (χ0v) is 12.7. The minimum atomic E-state index is -1.12. The fourth-order valence-electron chi connectivity index (χ4n) is 2.79. The van der Waals surface area contributed by atoms with E-state index in [2.05, 4.69) is 5.32 Å². The van der Waals surface area contributed by atoms with Gasteiger partial charge in [0.2, 0.25) is 5.91 Å². The highest BCUT2D eigenvalue weighted by atomic mass is 16.5. The molecule has 0 aromatic heterocycles. The summed E-state index contributed by atoms with van der Waals surface area (Å²) in [4.78, 5) is 23.6. The second-order valence-corrected chi connectivity index (χ2v) is 5.51. The minimum Gasteiger partial charge on any atom is -0.496 e. The number of hydrogen-bond acceptors (Lipinski definition) is 3. The molecule has 1 saturated carbocycles. The molecule has 2 N–H and O–H groups in total. The van der Waals surface area contributed by atoms with Crippen LogP contribution < -0.4 is 10.1 Å². The van der Waals surface area contributed by atoms with E-state index in [9.17, 15) is 14.7 Å². The van der Waals surface area contributed by atoms with Gasteiger partial charge >= 0.3 is 5.97 Å². The fourth-order valence-corrected chi connectivity index (χ4v) is 2.79. The maximum Gasteiger partial charge on any atom is 0.329 e. The van der Waals surface area contributed by atoms with Crippen molar-refractivity contribution in [3.05, 3.63) is 35.9 Å². The third kappa shape index (κ3) is 3.67. The van der Waals surface area contributed by atoms with Crippen LogP contribution in [0.25, 0.3) is 6.08 Å². The van der Waals surface area contributed by atoms with Gasteiger partial charge in [0.25, 0.3) is 0 Å². The van der Waals surface area contributed by atoms with E-state index in [1.807, 2.05) is 18.2 Å². The lowest BCUT2D eigenvalue weighted by molar-refractivity contribution is -0.148. The molecule has 0 spiro atoms. The van der Waals surface area contributed by atoms with E-state index in [1.165, 1.54) is 6.08 Å². The first-order valence-corrected chi connectivity index (χ1v) is 7.44. The van der Waals surface area contributed by atoms with Crippen LogP contribution in [0.2, 0.25) is 0 Å². The Bertz CT molecular complexity index is 574. The van der Waals surface area contributed by atoms with Gasteiger partial charge in [-0.25, -0.2) is 4.79 Å². The summed E-state index contributed by atoms with van der Waals surface area (Å²) in [5.41, 5.74) is -0.353. The van der Waals surface area contributed by atoms with Crippen LogP contribution >= 0.6 is 0 Å². The number of ether oxygens (including phenoxy) is 1. The van der Waals surface area contributed by atoms with Gasteiger partial charge in [0.15, 0.2) is 0 Å². The van der Waals surface area contributed by atoms with Crippen molar-refractivity contribution in [3.63, 3.8) is 0 Å². The van der Waals surface area contributed by atoms with Crippen LogP contribution in [0.5, 0.6) is 5.75 Å². The van der Waals surface area contributed by atoms with Crippen molar-refractivity contribution in [3.8, 4) is 5.75 Å². The number of carbonyl (C=O) groups excluding carboxylic acids is 1. The van der Waals surface area contributed by atoms with Gasteiger partial charge in [0, 0.05) is 11.6 Å². The van der Waals surface area contributed by atoms with Crippen LogP contribution in [0.1, 0.15) is 37.7 Å². The molecule has 0 saturated heterocycles. The van der Waals surface area contributed by atoms with Crippen LogP contribution in [0, 0.1) is 0 Å². The van der Waals surface area contributed by atoms with Crippen molar-refractivity contribution >= 4 is 18.0 Å². The van der Waals surface area contributed by atoms with Crippen LogP contribution in [0.4, 0.5) is 0 Å². The zero-order valence-electron chi connectivity index (χ0n) is 12.7. The molecule has 0 unspecified atom stereocenters. The molecule has 5 heteroatoms. The van der Waals surface area contributed by atoms with Gasteiger partial charge in [-0.05, 0) is 25.0 Å². The van der Waals surface area contributed by atoms with Crippen LogP contribution in [0.3, 0.4) is 0 Å². The van der Waals surface area contributed by atoms with Crippen molar-refractivity contribution in [1.82, 2.24) is 5.32 Å². The van der Waals surface area contributed by atoms with E-state index < -0.39 is 17.4 Å². The van der Waals surface area contributed by atoms with Gasteiger partial charge in [-0.3, -0.25) is 4.79 Å². The quantitative estimate of drug-likeness (QED) is 0.820. The standard InChI is InChI=1S/C17H21NO4/c1-22-14-8-4-3-7-13(14)9-10-15(19)18-17(16(20)21)11-5-2-6-12-17/h3-4,7-10H,2,5-6,11-12H2,1H3,(H,18,19)(H,20,21). The summed E-state index contributed by atoms with van der Waals surface area (Å²) < 4.78 is 5.21. The van der Waals surface area contributed by atoms with E-state index in [0.717, 1.165) is 24.8 Å². The number of carboxylic acid groups (broad SMARTS) is 1. The first-order valence-electron chi connectivity index (χ1n) is 7.44. The smallest absolute Gasteiger partial charge is 0.329 e. The number of methoxy groups -OCH3 is 1. The average molecular weight is 303 g/mol. The van der Waals surface area contributed by atoms with E-state index in [-0.39, 0.29) is 0 Å². The molecule has 0 aliphatic heterocycles. The number of para-hydroxylation sites is 1. The summed E-state index contributed by atoms with van der Waals surface area (Å²) >= 11 is 0. The highest BCUT2D eigenvalue weighted by molar-refractivity contribution is 5.96. The molecule has 1 amide bonds. The Kier molecular flexibility index (Phi) is 5.20. The summed E-state index contributed by atoms with van der Waals surface area (Å²) in [6.07, 6.45) is 6.62. The molecular weight excluding hydrogens is 282 g/mol. The Morgan fingerprint density at radius 3 is 2.55 bits per heavy atom. The normalized spacial score (nSPS) is 17.1. The zero-order chi connectivity index (χ0) is 16.0. The number of benzene rings is 1. The number of carboxylic acids is 1. The lowest BCUT2D eigenvalue weighted by atomic mass is 9.81. The molecule has 0 radical (unpaired) electrons. The summed E-state index contributed by atoms with van der Waals surface area (Å²) in [7, 11) is 1.56. The van der Waals surface area contributed by atoms with Gasteiger partial charge in [0.1, 0.15) is 11.3 Å². The third-order valence-electron chi connectivity index (χ3n) is 4.03. The monoisotopic (exact) mass is 303 g/mol. The number of aliphatic carboxylic acids is 1. The van der Waals surface area contributed by atoms with Crippen molar-refractivity contribution < 1.29 is 19.4 Å². The summed E-state index contributed by atoms with van der Waals surface area (Å²) in [5, 5.41) is 12.1. The van der Waals surface area contributed by atoms with E-state index >= 15 is 0 Å². The number of hydrogen-bond donors (Lipinski definition) is 2. The fraction of sp³-hybridized carbons (Fsp3) is 0.412. The van der Waals surface area contributed by atoms with E-state index in [4.69, 9.17) is 4.74 Å². The Morgan fingerprint density at radius 2 is 1.91 bits per heavy atom. The first kappa shape index (κ1) is 16.1. The van der Waals surface area contributed by atoms with Gasteiger partial charge in [-0.15, -0.1) is 0 Å². The average Bonchev–Trinajstić information content (AvgIpc) is 2.54. The largest absolute Gasteiger partial charge is 0.496 e. The molecule has 118 valence electrons. The summed E-state index contributed by atoms with van der Waals surface area (Å²) in [5.74, 6) is -0.682. The summed E-state index contributed by atoms with van der Waals surface area (Å²) in [6.45, 7) is 0. The maximum absolute atomic E-state index is 12.1. The van der Waals surface area contributed by atoms with Gasteiger partial charge in [0.05, 0.1) is 7.11 Å². The lowest BCUT2D eigenvalue weighted by Crippen LogP contribution is -2.55. The molecule has 5 nitrogen and oxygen atoms in total. The third-order valence-corrected chi connectivity index (χ3v) is 4.03. The molecule has 2 rings (SSSR count). The Balaban J connectivity index is 2.08. The second kappa shape index (κ2) is 7.11. The Labute approximate surface area is 130 Å². The highest BCUT2D eigenvalue weighted by Crippen LogP contribution is 2.28. The summed E-state index contributed by atoms with van der Waals surface area (Å²) in [6, 6.07) is 7.32. The van der Waals surface area contributed by atoms with Crippen LogP contribution in [-0.2, 0) is 9.59 Å². The number of carbonyl (C=O) groups is 2. The lowest BCUT2D eigenvalue weighted by Gasteiger charge is -2.33. The second-order valence-electron chi connectivity index (χ2n) is 5.51. The molecule has 1 aromatic rings. The maximum atomic E-state index is 12.1. The van der Waals surface area contributed by atoms with Crippen LogP contribution in [-0.4, -0.2) is 29.6 Å². The number of rotatable bonds is 5. The molecule has 0 atom stereocenters. The molecular formula is C17H21NO4. The van der Waals surface area contributed by atoms with Crippen molar-refractivity contribution in [2.45, 2.75) is 37.6 Å². The first-order chi connectivity index (χ1) is 10.6. The molecule has 1 fully saturated rings. The number of amides is 1. The van der Waals surface area contributed by atoms with Crippen molar-refractivity contribution in [1.29, 1.82) is 0 Å². The van der Waals surface area contributed by atoms with Crippen molar-refractivity contribution in [2.24, 2.45) is 0 Å². The molecule has 1 aliphatic rings. The molecule has 0 bridgehead atoms. The van der Waals surface area contributed by atoms with Gasteiger partial charge < -0.3 is 15.2 Å². The highest BCUT2D eigenvalue weighted by Gasteiger charge is 2.40. The molecule has 0 heterocycles. The number of nitrogens with one attached hydrogen (secondary N) is 1. The molecule has 1 aromatic carbocycles. The minimum absolute atomic E-state index is 0.393. The SMILES string of the molecule is COc1ccccc1C=CC(=O)NC1(C(=O)O)CCCCC1. The van der Waals surface area contributed by atoms with Gasteiger partial charge in [-0.2, -0.15) is 0 Å². The van der Waals surface area contributed by atoms with E-state index in [1.54, 1.807) is 19.3 Å². The Morgan fingerprint density at radius 1 is 1.23 bits per heavy atom. The van der Waals surface area contributed by atoms with Crippen LogP contribution in [0.15, 0.2) is 30.3 Å². The van der Waals surface area contributed by atoms with Crippen molar-refractivity contribution in [2.75, 3.05) is 7.11 Å². The molecule has 22 heavy (non-hydrogen) atoms. The predicted octanol–water partition coefficient (Wildman–Crippen LogP) is 2.61. The topological polar surface area (TPSA) is 75.6 Å². The predicted molar refractivity (Wildman–Crippen MR) is 83.6 cm³/mol. The van der Waals surface area contributed by atoms with Gasteiger partial charge in [-0.1, -0.05) is 37.5 Å². The Hall–Kier alpha value is -2.30. The molecule has 1 aliphatic carbocycles. The van der Waals surface area contributed by atoms with E-state index in [0.29, 0.717) is 18.6 Å².